The molecule has 0 amide bonds. The van der Waals surface area contributed by atoms with E-state index in [-0.39, 0.29) is 0 Å². The molecule has 3 aliphatic heterocycles. The Bertz CT molecular complexity index is 526. The van der Waals surface area contributed by atoms with Gasteiger partial charge in [-0.25, -0.2) is 0 Å². The van der Waals surface area contributed by atoms with Crippen molar-refractivity contribution in [3.63, 3.8) is 0 Å². The minimum atomic E-state index is 0.786. The van der Waals surface area contributed by atoms with E-state index in [2.05, 4.69) is 33.3 Å². The second kappa shape index (κ2) is 8.09. The van der Waals surface area contributed by atoms with Crippen molar-refractivity contribution in [3.8, 4) is 0 Å². The van der Waals surface area contributed by atoms with Crippen LogP contribution < -0.4 is 5.32 Å². The van der Waals surface area contributed by atoms with Crippen molar-refractivity contribution >= 4 is 0 Å². The van der Waals surface area contributed by atoms with Gasteiger partial charge in [-0.1, -0.05) is 30.4 Å². The fraction of sp³-hybridized carbons (Fsp3) is 0.600. The second-order valence-electron chi connectivity index (χ2n) is 6.93. The van der Waals surface area contributed by atoms with Crippen LogP contribution in [0, 0.1) is 0 Å². The molecule has 3 heterocycles. The zero-order chi connectivity index (χ0) is 16.1. The number of hydrogen-bond donors (Lipinski definition) is 1. The molecule has 2 fully saturated rings. The largest absolute Gasteiger partial charge is 0.314 e. The Morgan fingerprint density at radius 3 is 2.43 bits per heavy atom. The van der Waals surface area contributed by atoms with E-state index in [1.54, 1.807) is 11.1 Å². The number of rotatable bonds is 3. The van der Waals surface area contributed by atoms with Crippen LogP contribution >= 0.6 is 0 Å². The molecular formula is C20H31N3. The van der Waals surface area contributed by atoms with Gasteiger partial charge in [0.15, 0.2) is 0 Å². The fourth-order valence-electron chi connectivity index (χ4n) is 3.37. The van der Waals surface area contributed by atoms with Gasteiger partial charge < -0.3 is 5.32 Å². The topological polar surface area (TPSA) is 18.5 Å². The standard InChI is InChI=1S/C16H23N3.C4H8/c1-5-18(6-1)11-13-2-3-15-12-19(16-9-17-10-16)7-4-14(15)8-13;1-3-4-2/h2-3,8,16-17H,1,4-7,9-12H2;3-4H,1-2H3/b;4-3+. The summed E-state index contributed by atoms with van der Waals surface area (Å²) in [6.45, 7) is 12.5. The predicted molar refractivity (Wildman–Crippen MR) is 97.6 cm³/mol. The van der Waals surface area contributed by atoms with Crippen LogP contribution in [0.1, 0.15) is 37.0 Å². The summed E-state index contributed by atoms with van der Waals surface area (Å²) in [6, 6.07) is 7.97. The molecule has 3 heteroatoms. The van der Waals surface area contributed by atoms with E-state index in [0.717, 1.165) is 19.1 Å². The lowest BCUT2D eigenvalue weighted by Crippen LogP contribution is -2.58. The maximum atomic E-state index is 3.38. The molecule has 0 aromatic heterocycles. The maximum Gasteiger partial charge on any atom is 0.0349 e. The molecule has 1 aromatic rings. The van der Waals surface area contributed by atoms with E-state index in [9.17, 15) is 0 Å². The Kier molecular flexibility index (Phi) is 5.87. The van der Waals surface area contributed by atoms with Crippen molar-refractivity contribution in [2.24, 2.45) is 0 Å². The van der Waals surface area contributed by atoms with Gasteiger partial charge in [0.05, 0.1) is 0 Å². The molecule has 0 radical (unpaired) electrons. The van der Waals surface area contributed by atoms with Gasteiger partial charge in [0.2, 0.25) is 0 Å². The second-order valence-corrected chi connectivity index (χ2v) is 6.93. The molecule has 0 spiro atoms. The van der Waals surface area contributed by atoms with Gasteiger partial charge in [-0.2, -0.15) is 0 Å². The molecule has 2 saturated heterocycles. The van der Waals surface area contributed by atoms with Gasteiger partial charge in [0.25, 0.3) is 0 Å². The molecule has 0 bridgehead atoms. The SMILES string of the molecule is C/C=C/C.c1cc2c(cc1CN1CCC1)CCN(C1CNC1)C2. The lowest BCUT2D eigenvalue weighted by molar-refractivity contribution is 0.131. The first-order valence-electron chi connectivity index (χ1n) is 9.15. The fourth-order valence-corrected chi connectivity index (χ4v) is 3.37. The minimum Gasteiger partial charge on any atom is -0.314 e. The van der Waals surface area contributed by atoms with Gasteiger partial charge in [-0.3, -0.25) is 9.80 Å². The van der Waals surface area contributed by atoms with Crippen LogP contribution in [0.25, 0.3) is 0 Å². The van der Waals surface area contributed by atoms with Crippen LogP contribution in [-0.4, -0.2) is 48.6 Å². The zero-order valence-electron chi connectivity index (χ0n) is 14.7. The first kappa shape index (κ1) is 16.7. The van der Waals surface area contributed by atoms with E-state index in [1.165, 1.54) is 51.1 Å². The normalized spacial score (nSPS) is 22.0. The maximum absolute atomic E-state index is 3.38. The number of benzene rings is 1. The highest BCUT2D eigenvalue weighted by molar-refractivity contribution is 5.34. The Labute approximate surface area is 141 Å². The Morgan fingerprint density at radius 2 is 1.87 bits per heavy atom. The summed E-state index contributed by atoms with van der Waals surface area (Å²) in [7, 11) is 0. The molecule has 0 aliphatic carbocycles. The third-order valence-electron chi connectivity index (χ3n) is 5.28. The van der Waals surface area contributed by atoms with Gasteiger partial charge in [-0.15, -0.1) is 0 Å². The van der Waals surface area contributed by atoms with Crippen molar-refractivity contribution in [2.75, 3.05) is 32.7 Å². The van der Waals surface area contributed by atoms with Crippen molar-refractivity contribution in [1.82, 2.24) is 15.1 Å². The number of allylic oxidation sites excluding steroid dienone is 2. The third-order valence-corrected chi connectivity index (χ3v) is 5.28. The first-order valence-corrected chi connectivity index (χ1v) is 9.15. The number of nitrogens with zero attached hydrogens (tertiary/aromatic N) is 2. The van der Waals surface area contributed by atoms with Crippen LogP contribution in [0.5, 0.6) is 0 Å². The van der Waals surface area contributed by atoms with Gasteiger partial charge in [0.1, 0.15) is 0 Å². The monoisotopic (exact) mass is 313 g/mol. The Balaban J connectivity index is 0.000000354. The van der Waals surface area contributed by atoms with Crippen LogP contribution in [-0.2, 0) is 19.5 Å². The van der Waals surface area contributed by atoms with Crippen molar-refractivity contribution < 1.29 is 0 Å². The summed E-state index contributed by atoms with van der Waals surface area (Å²) in [4.78, 5) is 5.19. The summed E-state index contributed by atoms with van der Waals surface area (Å²) in [6.07, 6.45) is 6.62. The summed E-state index contributed by atoms with van der Waals surface area (Å²) in [5.74, 6) is 0. The predicted octanol–water partition coefficient (Wildman–Crippen LogP) is 2.80. The molecule has 3 nitrogen and oxygen atoms in total. The van der Waals surface area contributed by atoms with Gasteiger partial charge in [-0.05, 0) is 56.5 Å². The molecule has 3 aliphatic rings. The van der Waals surface area contributed by atoms with Crippen LogP contribution in [0.2, 0.25) is 0 Å². The minimum absolute atomic E-state index is 0.786. The molecule has 4 rings (SSSR count). The highest BCUT2D eigenvalue weighted by Crippen LogP contribution is 2.24. The average Bonchev–Trinajstić information content (AvgIpc) is 2.49. The first-order chi connectivity index (χ1) is 11.3. The van der Waals surface area contributed by atoms with Crippen LogP contribution in [0.3, 0.4) is 0 Å². The quantitative estimate of drug-likeness (QED) is 0.866. The smallest absolute Gasteiger partial charge is 0.0349 e. The Hall–Kier alpha value is -1.16. The van der Waals surface area contributed by atoms with Crippen LogP contribution in [0.15, 0.2) is 30.4 Å². The number of hydrogen-bond acceptors (Lipinski definition) is 3. The summed E-state index contributed by atoms with van der Waals surface area (Å²) in [5, 5.41) is 3.38. The van der Waals surface area contributed by atoms with Gasteiger partial charge in [0, 0.05) is 38.8 Å². The molecule has 23 heavy (non-hydrogen) atoms. The molecule has 0 unspecified atom stereocenters. The Morgan fingerprint density at radius 1 is 1.09 bits per heavy atom. The molecule has 1 aromatic carbocycles. The molecule has 0 saturated carbocycles. The molecule has 0 atom stereocenters. The van der Waals surface area contributed by atoms with Crippen LogP contribution in [0.4, 0.5) is 0 Å². The number of nitrogens with one attached hydrogen (secondary N) is 1. The zero-order valence-corrected chi connectivity index (χ0v) is 14.7. The highest BCUT2D eigenvalue weighted by atomic mass is 15.2. The summed E-state index contributed by atoms with van der Waals surface area (Å²) < 4.78 is 0. The van der Waals surface area contributed by atoms with Gasteiger partial charge >= 0.3 is 0 Å². The van der Waals surface area contributed by atoms with E-state index in [1.807, 2.05) is 26.0 Å². The van der Waals surface area contributed by atoms with E-state index in [0.29, 0.717) is 0 Å². The molecule has 126 valence electrons. The summed E-state index contributed by atoms with van der Waals surface area (Å²) >= 11 is 0. The highest BCUT2D eigenvalue weighted by Gasteiger charge is 2.27. The van der Waals surface area contributed by atoms with Crippen molar-refractivity contribution in [1.29, 1.82) is 0 Å². The number of fused-ring (bicyclic) bond motifs is 1. The molecule has 1 N–H and O–H groups in total. The average molecular weight is 313 g/mol. The van der Waals surface area contributed by atoms with E-state index >= 15 is 0 Å². The van der Waals surface area contributed by atoms with Crippen molar-refractivity contribution in [2.45, 2.75) is 45.8 Å². The summed E-state index contributed by atoms with van der Waals surface area (Å²) in [5.41, 5.74) is 4.67. The van der Waals surface area contributed by atoms with E-state index < -0.39 is 0 Å². The molecular weight excluding hydrogens is 282 g/mol. The van der Waals surface area contributed by atoms with E-state index in [4.69, 9.17) is 0 Å². The lowest BCUT2D eigenvalue weighted by atomic mass is 9.95. The third kappa shape index (κ3) is 4.23. The number of likely N-dealkylation sites (tertiary alicyclic amines) is 1. The lowest BCUT2D eigenvalue weighted by Gasteiger charge is -2.41. The van der Waals surface area contributed by atoms with Crippen molar-refractivity contribution in [3.05, 3.63) is 47.0 Å².